The van der Waals surface area contributed by atoms with Gasteiger partial charge in [-0.25, -0.2) is 14.6 Å². The van der Waals surface area contributed by atoms with Crippen LogP contribution in [0.5, 0.6) is 5.88 Å². The smallest absolute Gasteiger partial charge is 0.406 e. The van der Waals surface area contributed by atoms with Crippen molar-refractivity contribution in [2.45, 2.75) is 44.4 Å². The summed E-state index contributed by atoms with van der Waals surface area (Å²) in [6.07, 6.45) is -0.984. The van der Waals surface area contributed by atoms with Gasteiger partial charge in [0.2, 0.25) is 11.8 Å². The minimum Gasteiger partial charge on any atom is -0.476 e. The number of benzene rings is 1. The number of imidazole rings is 1. The number of nitrogens with two attached hydrogens (primary N) is 1. The second-order valence-corrected chi connectivity index (χ2v) is 10.0. The van der Waals surface area contributed by atoms with E-state index in [1.807, 2.05) is 37.3 Å². The van der Waals surface area contributed by atoms with Crippen molar-refractivity contribution in [2.24, 2.45) is 5.11 Å². The Bertz CT molecular complexity index is 1330. The molecule has 2 aromatic heterocycles. The molecule has 2 aliphatic rings. The maximum Gasteiger partial charge on any atom is 0.406 e. The maximum absolute atomic E-state index is 13.4. The lowest BCUT2D eigenvalue weighted by Gasteiger charge is -2.36. The average Bonchev–Trinajstić information content (AvgIpc) is 3.37. The SMILES string of the molecule is CCOc1nc(N)nc2c1ncn2[C@@H]1O[C@@H]2COP(=O)(NCc3ccccc3)O[C@H]2[C@@]1(C)N=[N+]=[N-]. The van der Waals surface area contributed by atoms with Gasteiger partial charge in [0.1, 0.15) is 17.7 Å². The number of aromatic nitrogens is 4. The summed E-state index contributed by atoms with van der Waals surface area (Å²) in [6.45, 7) is 4.06. The van der Waals surface area contributed by atoms with Crippen molar-refractivity contribution in [3.05, 3.63) is 52.7 Å². The molecule has 0 radical (unpaired) electrons. The fourth-order valence-corrected chi connectivity index (χ4v) is 5.87. The van der Waals surface area contributed by atoms with Crippen molar-refractivity contribution in [1.29, 1.82) is 0 Å². The Morgan fingerprint density at radius 3 is 2.94 bits per heavy atom. The summed E-state index contributed by atoms with van der Waals surface area (Å²) in [7, 11) is -3.73. The van der Waals surface area contributed by atoms with Crippen LogP contribution in [0.1, 0.15) is 25.6 Å². The monoisotopic (exact) mass is 501 g/mol. The second kappa shape index (κ2) is 9.08. The summed E-state index contributed by atoms with van der Waals surface area (Å²) in [5.74, 6) is 0.210. The number of hydrogen-bond acceptors (Lipinski definition) is 10. The van der Waals surface area contributed by atoms with Gasteiger partial charge in [0.25, 0.3) is 0 Å². The molecule has 5 rings (SSSR count). The van der Waals surface area contributed by atoms with Crippen LogP contribution in [-0.2, 0) is 24.9 Å². The third-order valence-electron chi connectivity index (χ3n) is 5.90. The Morgan fingerprint density at radius 1 is 1.40 bits per heavy atom. The topological polar surface area (TPSA) is 184 Å². The highest BCUT2D eigenvalue weighted by molar-refractivity contribution is 7.51. The number of anilines is 1. The van der Waals surface area contributed by atoms with Crippen LogP contribution in [0, 0.1) is 0 Å². The predicted octanol–water partition coefficient (Wildman–Crippen LogP) is 3.09. The number of ether oxygens (including phenoxy) is 2. The van der Waals surface area contributed by atoms with E-state index in [1.165, 1.54) is 6.33 Å². The molecule has 1 aromatic carbocycles. The fraction of sp³-hybridized carbons (Fsp3) is 0.450. The highest BCUT2D eigenvalue weighted by Crippen LogP contribution is 2.57. The van der Waals surface area contributed by atoms with Gasteiger partial charge in [-0.15, -0.1) is 0 Å². The standard InChI is InChI=1S/C20H24N9O5P/c1-3-31-17-14-16(25-19(21)26-17)29(11-23-14)18-20(2,27-28-22)15-13(33-18)10-32-35(30,34-15)24-9-12-7-5-4-6-8-12/h4-8,11,13,15,18H,3,9-10H2,1-2H3,(H,24,30)(H2,21,25,26)/t13-,15-,18-,20-,35?/m1/s1. The third kappa shape index (κ3) is 4.20. The molecule has 0 saturated carbocycles. The lowest BCUT2D eigenvalue weighted by Crippen LogP contribution is -2.47. The number of nitrogens with one attached hydrogen (secondary N) is 1. The highest BCUT2D eigenvalue weighted by atomic mass is 31.2. The van der Waals surface area contributed by atoms with Crippen molar-refractivity contribution in [2.75, 3.05) is 18.9 Å². The van der Waals surface area contributed by atoms with E-state index >= 15 is 0 Å². The molecule has 14 nitrogen and oxygen atoms in total. The Labute approximate surface area is 200 Å². The van der Waals surface area contributed by atoms with Crippen molar-refractivity contribution in [3.8, 4) is 5.88 Å². The van der Waals surface area contributed by atoms with E-state index in [4.69, 9.17) is 24.3 Å². The van der Waals surface area contributed by atoms with E-state index in [0.717, 1.165) is 5.56 Å². The molecule has 1 unspecified atom stereocenters. The number of nitrogen functional groups attached to an aromatic ring is 1. The van der Waals surface area contributed by atoms with Crippen LogP contribution >= 0.6 is 7.75 Å². The lowest BCUT2D eigenvalue weighted by atomic mass is 9.93. The van der Waals surface area contributed by atoms with Gasteiger partial charge < -0.3 is 15.2 Å². The van der Waals surface area contributed by atoms with Gasteiger partial charge in [-0.2, -0.15) is 9.97 Å². The Hall–Kier alpha value is -3.25. The quantitative estimate of drug-likeness (QED) is 0.211. The first-order valence-corrected chi connectivity index (χ1v) is 12.5. The summed E-state index contributed by atoms with van der Waals surface area (Å²) in [5.41, 5.74) is 15.6. The maximum atomic E-state index is 13.4. The summed E-state index contributed by atoms with van der Waals surface area (Å²) in [6, 6.07) is 9.42. The third-order valence-corrected chi connectivity index (χ3v) is 7.44. The van der Waals surface area contributed by atoms with Crippen molar-refractivity contribution >= 4 is 24.9 Å². The van der Waals surface area contributed by atoms with Crippen LogP contribution < -0.4 is 15.6 Å². The molecule has 0 amide bonds. The minimum atomic E-state index is -3.73. The van der Waals surface area contributed by atoms with Crippen LogP contribution in [0.3, 0.4) is 0 Å². The van der Waals surface area contributed by atoms with Gasteiger partial charge in [0, 0.05) is 11.5 Å². The van der Waals surface area contributed by atoms with Gasteiger partial charge in [0.15, 0.2) is 17.4 Å². The molecule has 5 atom stereocenters. The van der Waals surface area contributed by atoms with E-state index in [-0.39, 0.29) is 25.0 Å². The van der Waals surface area contributed by atoms with Crippen LogP contribution in [0.4, 0.5) is 5.95 Å². The molecular weight excluding hydrogens is 477 g/mol. The number of nitrogens with zero attached hydrogens (tertiary/aromatic N) is 7. The average molecular weight is 501 g/mol. The largest absolute Gasteiger partial charge is 0.476 e. The molecule has 0 aliphatic carbocycles. The van der Waals surface area contributed by atoms with Gasteiger partial charge in [-0.05, 0) is 24.9 Å². The molecule has 35 heavy (non-hydrogen) atoms. The predicted molar refractivity (Wildman–Crippen MR) is 124 cm³/mol. The fourth-order valence-electron chi connectivity index (χ4n) is 4.28. The van der Waals surface area contributed by atoms with E-state index in [9.17, 15) is 10.1 Å². The van der Waals surface area contributed by atoms with Crippen LogP contribution in [-0.4, -0.2) is 50.5 Å². The van der Waals surface area contributed by atoms with E-state index in [0.29, 0.717) is 17.8 Å². The lowest BCUT2D eigenvalue weighted by molar-refractivity contribution is -0.0586. The molecule has 3 N–H and O–H groups in total. The molecule has 15 heteroatoms. The van der Waals surface area contributed by atoms with Gasteiger partial charge in [-0.3, -0.25) is 13.6 Å². The number of hydrogen-bond donors (Lipinski definition) is 2. The van der Waals surface area contributed by atoms with Crippen LogP contribution in [0.15, 0.2) is 41.8 Å². The zero-order chi connectivity index (χ0) is 24.6. The normalized spacial score (nSPS) is 30.1. The first-order chi connectivity index (χ1) is 16.9. The van der Waals surface area contributed by atoms with Crippen molar-refractivity contribution in [1.82, 2.24) is 24.6 Å². The van der Waals surface area contributed by atoms with Crippen molar-refractivity contribution in [3.63, 3.8) is 0 Å². The second-order valence-electron chi connectivity index (χ2n) is 8.23. The van der Waals surface area contributed by atoms with Gasteiger partial charge in [0.05, 0.1) is 19.5 Å². The van der Waals surface area contributed by atoms with Gasteiger partial charge in [-0.1, -0.05) is 35.4 Å². The van der Waals surface area contributed by atoms with E-state index in [2.05, 4.69) is 30.1 Å². The molecule has 184 valence electrons. The molecule has 0 bridgehead atoms. The highest BCUT2D eigenvalue weighted by Gasteiger charge is 2.60. The van der Waals surface area contributed by atoms with Crippen molar-refractivity contribution < 1.29 is 23.1 Å². The summed E-state index contributed by atoms with van der Waals surface area (Å²) in [4.78, 5) is 15.8. The minimum absolute atomic E-state index is 0.0159. The Morgan fingerprint density at radius 2 is 2.20 bits per heavy atom. The molecule has 2 fully saturated rings. The molecule has 2 aliphatic heterocycles. The summed E-state index contributed by atoms with van der Waals surface area (Å²) >= 11 is 0. The molecule has 4 heterocycles. The summed E-state index contributed by atoms with van der Waals surface area (Å²) in [5, 5.41) is 6.88. The summed E-state index contributed by atoms with van der Waals surface area (Å²) < 4.78 is 38.2. The zero-order valence-electron chi connectivity index (χ0n) is 19.0. The van der Waals surface area contributed by atoms with Crippen LogP contribution in [0.2, 0.25) is 0 Å². The van der Waals surface area contributed by atoms with Gasteiger partial charge >= 0.3 is 7.75 Å². The zero-order valence-corrected chi connectivity index (χ0v) is 19.9. The molecular formula is C20H24N9O5P. The Balaban J connectivity index is 1.47. The first-order valence-electron chi connectivity index (χ1n) is 10.9. The van der Waals surface area contributed by atoms with E-state index in [1.54, 1.807) is 11.5 Å². The first kappa shape index (κ1) is 23.5. The number of azide groups is 1. The molecule has 2 saturated heterocycles. The molecule has 0 spiro atoms. The Kier molecular flexibility index (Phi) is 6.09. The number of fused-ring (bicyclic) bond motifs is 2. The number of rotatable bonds is 7. The van der Waals surface area contributed by atoms with Crippen LogP contribution in [0.25, 0.3) is 21.6 Å². The molecule has 3 aromatic rings. The van der Waals surface area contributed by atoms with E-state index < -0.39 is 31.7 Å².